The molecule has 0 aliphatic rings. The van der Waals surface area contributed by atoms with Crippen LogP contribution in [0.1, 0.15) is 76.3 Å². The molecule has 37 heavy (non-hydrogen) atoms. The van der Waals surface area contributed by atoms with E-state index in [1.807, 2.05) is 48.5 Å². The van der Waals surface area contributed by atoms with Gasteiger partial charge in [-0.3, -0.25) is 0 Å². The Morgan fingerprint density at radius 1 is 0.676 bits per heavy atom. The van der Waals surface area contributed by atoms with E-state index >= 15 is 0 Å². The number of hydrogen-bond acceptors (Lipinski definition) is 8. The van der Waals surface area contributed by atoms with Gasteiger partial charge in [-0.1, -0.05) is 51.0 Å². The number of aliphatic hydroxyl groups is 2. The lowest BCUT2D eigenvalue weighted by atomic mass is 9.78. The third-order valence-corrected chi connectivity index (χ3v) is 6.27. The molecule has 2 N–H and O–H groups in total. The first-order valence-electron chi connectivity index (χ1n) is 12.8. The molecular formula is C29H38N2O6. The van der Waals surface area contributed by atoms with Crippen molar-refractivity contribution >= 4 is 12.2 Å². The highest BCUT2D eigenvalue weighted by molar-refractivity contribution is 5.42. The second-order valence-corrected chi connectivity index (χ2v) is 9.46. The van der Waals surface area contributed by atoms with E-state index in [9.17, 15) is 19.8 Å². The van der Waals surface area contributed by atoms with Gasteiger partial charge in [-0.15, -0.1) is 0 Å². The second kappa shape index (κ2) is 16.5. The number of aliphatic hydroxyl groups excluding tert-OH is 2. The van der Waals surface area contributed by atoms with Crippen LogP contribution in [-0.2, 0) is 15.0 Å². The zero-order valence-corrected chi connectivity index (χ0v) is 21.8. The topological polar surface area (TPSA) is 118 Å². The van der Waals surface area contributed by atoms with Gasteiger partial charge in [0.2, 0.25) is 12.2 Å². The van der Waals surface area contributed by atoms with Crippen LogP contribution in [0.3, 0.4) is 0 Å². The maximum Gasteiger partial charge on any atom is 0.234 e. The first-order valence-corrected chi connectivity index (χ1v) is 12.8. The van der Waals surface area contributed by atoms with Gasteiger partial charge in [0.15, 0.2) is 12.6 Å². The number of nitrogens with zero attached hydrogens (tertiary/aromatic N) is 2. The second-order valence-electron chi connectivity index (χ2n) is 9.46. The van der Waals surface area contributed by atoms with E-state index in [0.717, 1.165) is 49.7 Å². The summed E-state index contributed by atoms with van der Waals surface area (Å²) in [7, 11) is 0. The molecule has 2 aromatic carbocycles. The van der Waals surface area contributed by atoms with Crippen LogP contribution in [0.5, 0.6) is 11.5 Å². The predicted octanol–water partition coefficient (Wildman–Crippen LogP) is 5.20. The number of rotatable bonds is 18. The highest BCUT2D eigenvalue weighted by atomic mass is 16.6. The first-order chi connectivity index (χ1) is 17.9. The van der Waals surface area contributed by atoms with Crippen molar-refractivity contribution in [1.29, 1.82) is 0 Å². The third-order valence-electron chi connectivity index (χ3n) is 6.27. The summed E-state index contributed by atoms with van der Waals surface area (Å²) in [5.41, 5.74) is 1.91. The van der Waals surface area contributed by atoms with Gasteiger partial charge in [0, 0.05) is 18.3 Å². The summed E-state index contributed by atoms with van der Waals surface area (Å²) >= 11 is 0. The van der Waals surface area contributed by atoms with Gasteiger partial charge in [-0.05, 0) is 61.1 Å². The number of isocyanates is 2. The molecule has 8 nitrogen and oxygen atoms in total. The number of carbonyl (C=O) groups excluding carboxylic acids is 2. The Hall–Kier alpha value is -3.28. The normalized spacial score (nSPS) is 12.6. The van der Waals surface area contributed by atoms with Crippen LogP contribution >= 0.6 is 0 Å². The molecule has 2 rings (SSSR count). The van der Waals surface area contributed by atoms with Crippen LogP contribution in [0.4, 0.5) is 0 Å². The minimum Gasteiger partial charge on any atom is -0.465 e. The molecule has 0 radical (unpaired) electrons. The minimum absolute atomic E-state index is 0.276. The lowest BCUT2D eigenvalue weighted by molar-refractivity contribution is -0.0250. The van der Waals surface area contributed by atoms with Crippen molar-refractivity contribution in [2.45, 2.75) is 83.2 Å². The number of hydrogen-bond donors (Lipinski definition) is 2. The molecule has 0 saturated carbocycles. The molecule has 0 fully saturated rings. The molecule has 200 valence electrons. The molecule has 2 atom stereocenters. The number of unbranched alkanes of at least 4 members (excludes halogenated alkanes) is 4. The van der Waals surface area contributed by atoms with Crippen molar-refractivity contribution in [3.63, 3.8) is 0 Å². The molecule has 0 saturated heterocycles. The zero-order valence-electron chi connectivity index (χ0n) is 21.8. The summed E-state index contributed by atoms with van der Waals surface area (Å²) in [5, 5.41) is 20.3. The quantitative estimate of drug-likeness (QED) is 0.123. The smallest absolute Gasteiger partial charge is 0.234 e. The summed E-state index contributed by atoms with van der Waals surface area (Å²) < 4.78 is 11.3. The van der Waals surface area contributed by atoms with Crippen molar-refractivity contribution < 1.29 is 29.3 Å². The van der Waals surface area contributed by atoms with Crippen molar-refractivity contribution in [3.8, 4) is 11.5 Å². The Morgan fingerprint density at radius 2 is 1.05 bits per heavy atom. The molecule has 2 unspecified atom stereocenters. The molecule has 8 heteroatoms. The molecule has 0 aliphatic carbocycles. The maximum absolute atomic E-state index is 10.1. The summed E-state index contributed by atoms with van der Waals surface area (Å²) in [6.45, 7) is 5.20. The Morgan fingerprint density at radius 3 is 1.41 bits per heavy atom. The number of aliphatic imine (C=N–C) groups is 2. The Bertz CT molecular complexity index is 928. The van der Waals surface area contributed by atoms with Crippen molar-refractivity contribution in [1.82, 2.24) is 0 Å². The van der Waals surface area contributed by atoms with Gasteiger partial charge in [-0.2, -0.15) is 0 Å². The van der Waals surface area contributed by atoms with E-state index in [2.05, 4.69) is 23.8 Å². The lowest BCUT2D eigenvalue weighted by Gasteiger charge is -2.27. The van der Waals surface area contributed by atoms with Gasteiger partial charge >= 0.3 is 0 Å². The van der Waals surface area contributed by atoms with Gasteiger partial charge < -0.3 is 19.7 Å². The van der Waals surface area contributed by atoms with Gasteiger partial charge in [0.1, 0.15) is 11.5 Å². The van der Waals surface area contributed by atoms with Crippen LogP contribution < -0.4 is 9.47 Å². The van der Waals surface area contributed by atoms with E-state index < -0.39 is 12.6 Å². The highest BCUT2D eigenvalue weighted by Crippen LogP contribution is 2.33. The Kier molecular flexibility index (Phi) is 13.3. The lowest BCUT2D eigenvalue weighted by Crippen LogP contribution is -2.19. The van der Waals surface area contributed by atoms with Crippen molar-refractivity contribution in [2.75, 3.05) is 13.1 Å². The number of benzene rings is 2. The molecule has 0 bridgehead atoms. The molecule has 0 aliphatic heterocycles. The van der Waals surface area contributed by atoms with E-state index in [4.69, 9.17) is 9.47 Å². The van der Waals surface area contributed by atoms with E-state index in [-0.39, 0.29) is 5.41 Å². The zero-order chi connectivity index (χ0) is 26.9. The molecule has 0 amide bonds. The fraction of sp³-hybridized carbons (Fsp3) is 0.517. The highest BCUT2D eigenvalue weighted by Gasteiger charge is 2.23. The van der Waals surface area contributed by atoms with Crippen LogP contribution in [-0.4, -0.2) is 48.0 Å². The fourth-order valence-electron chi connectivity index (χ4n) is 3.96. The summed E-state index contributed by atoms with van der Waals surface area (Å²) in [6.07, 6.45) is 7.19. The van der Waals surface area contributed by atoms with Crippen LogP contribution in [0.2, 0.25) is 0 Å². The average molecular weight is 511 g/mol. The standard InChI is InChI=1S/C29H38N2O6/c1-29(2,23-11-15-25(16-12-23)36-27(34)9-5-3-7-19-30-21-32)24-13-17-26(18-14-24)37-28(35)10-6-4-8-20-31-22-33/h11-18,27-28,34-35H,3-10,19-20H2,1-2H3. The van der Waals surface area contributed by atoms with E-state index in [0.29, 0.717) is 37.4 Å². The average Bonchev–Trinajstić information content (AvgIpc) is 2.89. The molecule has 0 spiro atoms. The SMILES string of the molecule is CC(C)(c1ccc(OC(O)CCCCCN=C=O)cc1)c1ccc(OC(O)CCCCCN=C=O)cc1. The van der Waals surface area contributed by atoms with Gasteiger partial charge in [-0.25, -0.2) is 19.6 Å². The first kappa shape index (κ1) is 29.9. The van der Waals surface area contributed by atoms with Crippen LogP contribution in [0.25, 0.3) is 0 Å². The molecule has 2 aromatic rings. The largest absolute Gasteiger partial charge is 0.465 e. The minimum atomic E-state index is -0.882. The molecule has 0 heterocycles. The summed E-state index contributed by atoms with van der Waals surface area (Å²) in [4.78, 5) is 27.1. The molecule has 0 aromatic heterocycles. The third kappa shape index (κ3) is 11.1. The Labute approximate surface area is 219 Å². The van der Waals surface area contributed by atoms with E-state index in [1.54, 1.807) is 0 Å². The van der Waals surface area contributed by atoms with Crippen molar-refractivity contribution in [2.24, 2.45) is 9.98 Å². The Balaban J connectivity index is 1.83. The number of ether oxygens (including phenoxy) is 2. The predicted molar refractivity (Wildman–Crippen MR) is 141 cm³/mol. The molecular weight excluding hydrogens is 472 g/mol. The van der Waals surface area contributed by atoms with Gasteiger partial charge in [0.25, 0.3) is 0 Å². The van der Waals surface area contributed by atoms with E-state index in [1.165, 1.54) is 12.2 Å². The van der Waals surface area contributed by atoms with Gasteiger partial charge in [0.05, 0.1) is 13.1 Å². The fourth-order valence-corrected chi connectivity index (χ4v) is 3.96. The maximum atomic E-state index is 10.1. The summed E-state index contributed by atoms with van der Waals surface area (Å²) in [6, 6.07) is 15.4. The van der Waals surface area contributed by atoms with Crippen LogP contribution in [0, 0.1) is 0 Å². The van der Waals surface area contributed by atoms with Crippen LogP contribution in [0.15, 0.2) is 58.5 Å². The monoisotopic (exact) mass is 510 g/mol. The summed E-state index contributed by atoms with van der Waals surface area (Å²) in [5.74, 6) is 1.21. The van der Waals surface area contributed by atoms with Crippen molar-refractivity contribution in [3.05, 3.63) is 59.7 Å².